The summed E-state index contributed by atoms with van der Waals surface area (Å²) >= 11 is 0. The molecule has 6 nitrogen and oxygen atoms in total. The summed E-state index contributed by atoms with van der Waals surface area (Å²) < 4.78 is 7.47. The maximum Gasteiger partial charge on any atom is 0.0964 e. The van der Waals surface area contributed by atoms with Crippen LogP contribution in [0, 0.1) is 0 Å². The molecular formula is C13H25N5O. The lowest BCUT2D eigenvalue weighted by atomic mass is 10.3. The van der Waals surface area contributed by atoms with Crippen molar-refractivity contribution in [1.29, 1.82) is 0 Å². The molecule has 2 heterocycles. The first-order valence-electron chi connectivity index (χ1n) is 7.21. The topological polar surface area (TPSA) is 55.2 Å². The summed E-state index contributed by atoms with van der Waals surface area (Å²) in [6, 6.07) is 0. The van der Waals surface area contributed by atoms with Crippen molar-refractivity contribution in [3.63, 3.8) is 0 Å². The van der Waals surface area contributed by atoms with Gasteiger partial charge in [0, 0.05) is 32.4 Å². The second kappa shape index (κ2) is 7.57. The van der Waals surface area contributed by atoms with E-state index in [0.29, 0.717) is 6.10 Å². The Kier molecular flexibility index (Phi) is 5.75. The number of nitrogens with zero attached hydrogens (tertiary/aromatic N) is 4. The maximum atomic E-state index is 5.53. The second-order valence-corrected chi connectivity index (χ2v) is 5.13. The Morgan fingerprint density at radius 2 is 2.37 bits per heavy atom. The second-order valence-electron chi connectivity index (χ2n) is 5.13. The van der Waals surface area contributed by atoms with E-state index in [1.165, 1.54) is 0 Å². The van der Waals surface area contributed by atoms with Gasteiger partial charge in [-0.2, -0.15) is 0 Å². The molecule has 0 radical (unpaired) electrons. The fraction of sp³-hybridized carbons (Fsp3) is 0.846. The van der Waals surface area contributed by atoms with Crippen LogP contribution in [0.5, 0.6) is 0 Å². The van der Waals surface area contributed by atoms with Gasteiger partial charge < -0.3 is 10.1 Å². The van der Waals surface area contributed by atoms with Gasteiger partial charge in [-0.3, -0.25) is 9.58 Å². The van der Waals surface area contributed by atoms with Crippen LogP contribution < -0.4 is 5.32 Å². The van der Waals surface area contributed by atoms with Crippen molar-refractivity contribution in [1.82, 2.24) is 25.2 Å². The Labute approximate surface area is 115 Å². The highest BCUT2D eigenvalue weighted by molar-refractivity contribution is 4.91. The van der Waals surface area contributed by atoms with Crippen LogP contribution in [-0.4, -0.2) is 58.8 Å². The van der Waals surface area contributed by atoms with E-state index in [4.69, 9.17) is 4.74 Å². The first-order valence-corrected chi connectivity index (χ1v) is 7.21. The summed E-state index contributed by atoms with van der Waals surface area (Å²) in [5.41, 5.74) is 1.02. The standard InChI is InChI=1S/C13H25N5O/c1-3-4-14-9-13-11-18(16-15-13)6-5-17-7-8-19-12(2)10-17/h11-12,14H,3-10H2,1-2H3. The molecule has 1 atom stereocenters. The Morgan fingerprint density at radius 3 is 3.16 bits per heavy atom. The molecule has 0 aromatic carbocycles. The maximum absolute atomic E-state index is 5.53. The predicted molar refractivity (Wildman–Crippen MR) is 73.9 cm³/mol. The van der Waals surface area contributed by atoms with E-state index < -0.39 is 0 Å². The van der Waals surface area contributed by atoms with E-state index in [1.54, 1.807) is 0 Å². The van der Waals surface area contributed by atoms with Crippen LogP contribution in [0.25, 0.3) is 0 Å². The zero-order valence-corrected chi connectivity index (χ0v) is 12.0. The molecule has 1 fully saturated rings. The molecule has 1 N–H and O–H groups in total. The van der Waals surface area contributed by atoms with Crippen LogP contribution in [0.15, 0.2) is 6.20 Å². The summed E-state index contributed by atoms with van der Waals surface area (Å²) in [6.45, 7) is 10.9. The molecule has 19 heavy (non-hydrogen) atoms. The monoisotopic (exact) mass is 267 g/mol. The average Bonchev–Trinajstić information content (AvgIpc) is 2.85. The number of aromatic nitrogens is 3. The van der Waals surface area contributed by atoms with E-state index in [2.05, 4.69) is 34.4 Å². The summed E-state index contributed by atoms with van der Waals surface area (Å²) in [7, 11) is 0. The van der Waals surface area contributed by atoms with Gasteiger partial charge in [-0.15, -0.1) is 5.10 Å². The zero-order valence-electron chi connectivity index (χ0n) is 12.0. The summed E-state index contributed by atoms with van der Waals surface area (Å²) in [5, 5.41) is 11.7. The Morgan fingerprint density at radius 1 is 1.47 bits per heavy atom. The fourth-order valence-corrected chi connectivity index (χ4v) is 2.26. The number of morpholine rings is 1. The van der Waals surface area contributed by atoms with Crippen LogP contribution >= 0.6 is 0 Å². The molecule has 6 heteroatoms. The molecule has 0 saturated carbocycles. The van der Waals surface area contributed by atoms with E-state index in [9.17, 15) is 0 Å². The fourth-order valence-electron chi connectivity index (χ4n) is 2.26. The van der Waals surface area contributed by atoms with E-state index in [1.807, 2.05) is 10.9 Å². The van der Waals surface area contributed by atoms with Gasteiger partial charge in [-0.1, -0.05) is 12.1 Å². The van der Waals surface area contributed by atoms with Gasteiger partial charge in [-0.05, 0) is 19.9 Å². The number of hydrogen-bond donors (Lipinski definition) is 1. The largest absolute Gasteiger partial charge is 0.376 e. The highest BCUT2D eigenvalue weighted by atomic mass is 16.5. The normalized spacial score (nSPS) is 20.8. The number of rotatable bonds is 7. The van der Waals surface area contributed by atoms with Crippen molar-refractivity contribution < 1.29 is 4.74 Å². The SMILES string of the molecule is CCCNCc1cn(CCN2CCOC(C)C2)nn1. The molecular weight excluding hydrogens is 242 g/mol. The lowest BCUT2D eigenvalue weighted by molar-refractivity contribution is -0.0194. The van der Waals surface area contributed by atoms with Crippen molar-refractivity contribution in [3.8, 4) is 0 Å². The third-order valence-electron chi connectivity index (χ3n) is 3.29. The summed E-state index contributed by atoms with van der Waals surface area (Å²) in [5.74, 6) is 0. The Bertz CT molecular complexity index is 368. The minimum atomic E-state index is 0.346. The van der Waals surface area contributed by atoms with Gasteiger partial charge in [0.25, 0.3) is 0 Å². The lowest BCUT2D eigenvalue weighted by Crippen LogP contribution is -2.42. The van der Waals surface area contributed by atoms with Crippen molar-refractivity contribution in [2.24, 2.45) is 0 Å². The van der Waals surface area contributed by atoms with Crippen LogP contribution in [0.1, 0.15) is 26.0 Å². The zero-order chi connectivity index (χ0) is 13.5. The Hall–Kier alpha value is -0.980. The molecule has 1 saturated heterocycles. The van der Waals surface area contributed by atoms with Crippen molar-refractivity contribution in [2.45, 2.75) is 39.5 Å². The van der Waals surface area contributed by atoms with E-state index in [0.717, 1.165) is 58.0 Å². The van der Waals surface area contributed by atoms with Crippen molar-refractivity contribution in [3.05, 3.63) is 11.9 Å². The number of hydrogen-bond acceptors (Lipinski definition) is 5. The van der Waals surface area contributed by atoms with Gasteiger partial charge in [0.1, 0.15) is 0 Å². The molecule has 0 amide bonds. The molecule has 1 aliphatic rings. The molecule has 1 aromatic rings. The minimum absolute atomic E-state index is 0.346. The molecule has 0 aliphatic carbocycles. The molecule has 1 unspecified atom stereocenters. The smallest absolute Gasteiger partial charge is 0.0964 e. The molecule has 2 rings (SSSR count). The molecule has 0 spiro atoms. The molecule has 1 aromatic heterocycles. The van der Waals surface area contributed by atoms with Crippen LogP contribution in [-0.2, 0) is 17.8 Å². The third-order valence-corrected chi connectivity index (χ3v) is 3.29. The van der Waals surface area contributed by atoms with Gasteiger partial charge in [-0.25, -0.2) is 0 Å². The molecule has 108 valence electrons. The van der Waals surface area contributed by atoms with Crippen molar-refractivity contribution in [2.75, 3.05) is 32.8 Å². The van der Waals surface area contributed by atoms with Crippen LogP contribution in [0.2, 0.25) is 0 Å². The predicted octanol–water partition coefficient (Wildman–Crippen LogP) is 0.498. The van der Waals surface area contributed by atoms with Gasteiger partial charge >= 0.3 is 0 Å². The highest BCUT2D eigenvalue weighted by Crippen LogP contribution is 2.04. The van der Waals surface area contributed by atoms with Gasteiger partial charge in [0.05, 0.1) is 24.9 Å². The van der Waals surface area contributed by atoms with Crippen molar-refractivity contribution >= 4 is 0 Å². The average molecular weight is 267 g/mol. The summed E-state index contributed by atoms with van der Waals surface area (Å²) in [4.78, 5) is 2.42. The summed E-state index contributed by atoms with van der Waals surface area (Å²) in [6.07, 6.45) is 3.52. The Balaban J connectivity index is 1.70. The highest BCUT2D eigenvalue weighted by Gasteiger charge is 2.16. The van der Waals surface area contributed by atoms with Gasteiger partial charge in [0.2, 0.25) is 0 Å². The molecule has 1 aliphatic heterocycles. The first-order chi connectivity index (χ1) is 9.28. The first kappa shape index (κ1) is 14.4. The minimum Gasteiger partial charge on any atom is -0.376 e. The number of ether oxygens (including phenoxy) is 1. The van der Waals surface area contributed by atoms with Crippen LogP contribution in [0.4, 0.5) is 0 Å². The molecule has 0 bridgehead atoms. The van der Waals surface area contributed by atoms with Crippen LogP contribution in [0.3, 0.4) is 0 Å². The third kappa shape index (κ3) is 4.89. The van der Waals surface area contributed by atoms with Gasteiger partial charge in [0.15, 0.2) is 0 Å². The van der Waals surface area contributed by atoms with E-state index >= 15 is 0 Å². The number of nitrogens with one attached hydrogen (secondary N) is 1. The quantitative estimate of drug-likeness (QED) is 0.729. The lowest BCUT2D eigenvalue weighted by Gasteiger charge is -2.30. The van der Waals surface area contributed by atoms with E-state index in [-0.39, 0.29) is 0 Å².